The van der Waals surface area contributed by atoms with E-state index in [1.54, 1.807) is 7.05 Å². The van der Waals surface area contributed by atoms with Gasteiger partial charge in [0.15, 0.2) is 0 Å². The molecule has 0 bridgehead atoms. The Morgan fingerprint density at radius 1 is 1.62 bits per heavy atom. The van der Waals surface area contributed by atoms with Crippen molar-refractivity contribution in [3.63, 3.8) is 0 Å². The molecule has 0 atom stereocenters. The van der Waals surface area contributed by atoms with Crippen LogP contribution in [0.15, 0.2) is 18.3 Å². The zero-order chi connectivity index (χ0) is 12.0. The Hall–Kier alpha value is -1.49. The summed E-state index contributed by atoms with van der Waals surface area (Å²) in [5.74, 6) is -0.884. The van der Waals surface area contributed by atoms with Gasteiger partial charge in [0.25, 0.3) is 5.91 Å². The topological polar surface area (TPSA) is 42.4 Å². The normalized spacial score (nSPS) is 10.2. The number of amides is 1. The van der Waals surface area contributed by atoms with Gasteiger partial charge in [-0.25, -0.2) is 4.98 Å². The molecule has 0 aliphatic heterocycles. The fourth-order valence-electron chi connectivity index (χ4n) is 1.20. The fraction of sp³-hybridized carbons (Fsp3) is 0.455. The van der Waals surface area contributed by atoms with E-state index in [2.05, 4.69) is 4.98 Å². The Morgan fingerprint density at radius 2 is 2.38 bits per heavy atom. The van der Waals surface area contributed by atoms with Gasteiger partial charge in [0.1, 0.15) is 0 Å². The van der Waals surface area contributed by atoms with E-state index < -0.39 is 5.95 Å². The largest absolute Gasteiger partial charge is 0.380 e. The molecule has 1 amide bonds. The number of aromatic nitrogens is 1. The molecule has 0 N–H and O–H groups in total. The second kappa shape index (κ2) is 6.17. The number of hydrogen-bond donors (Lipinski definition) is 0. The standard InChI is InChI=1S/C11H15FN2O2/c1-3-16-7-6-14(2)11(15)9-4-5-13-10(12)8-9/h4-5,8H,3,6-7H2,1-2H3. The highest BCUT2D eigenvalue weighted by atomic mass is 19.1. The van der Waals surface area contributed by atoms with E-state index in [4.69, 9.17) is 4.74 Å². The molecule has 0 aliphatic rings. The van der Waals surface area contributed by atoms with Gasteiger partial charge >= 0.3 is 0 Å². The molecule has 1 heterocycles. The van der Waals surface area contributed by atoms with Gasteiger partial charge in [0.05, 0.1) is 6.61 Å². The van der Waals surface area contributed by atoms with Crippen molar-refractivity contribution in [3.05, 3.63) is 29.8 Å². The van der Waals surface area contributed by atoms with E-state index in [9.17, 15) is 9.18 Å². The molecule has 0 aromatic carbocycles. The van der Waals surface area contributed by atoms with Crippen LogP contribution < -0.4 is 0 Å². The highest BCUT2D eigenvalue weighted by Gasteiger charge is 2.11. The SMILES string of the molecule is CCOCCN(C)C(=O)c1ccnc(F)c1. The second-order valence-corrected chi connectivity index (χ2v) is 3.29. The summed E-state index contributed by atoms with van der Waals surface area (Å²) in [6, 6.07) is 2.61. The van der Waals surface area contributed by atoms with Crippen LogP contribution in [0.4, 0.5) is 4.39 Å². The van der Waals surface area contributed by atoms with Gasteiger partial charge in [-0.3, -0.25) is 4.79 Å². The van der Waals surface area contributed by atoms with Gasteiger partial charge in [0.2, 0.25) is 5.95 Å². The number of carbonyl (C=O) groups excluding carboxylic acids is 1. The number of carbonyl (C=O) groups is 1. The zero-order valence-electron chi connectivity index (χ0n) is 9.44. The van der Waals surface area contributed by atoms with Crippen LogP contribution in [0.25, 0.3) is 0 Å². The molecule has 0 fully saturated rings. The van der Waals surface area contributed by atoms with Crippen LogP contribution >= 0.6 is 0 Å². The molecule has 1 aromatic heterocycles. The molecule has 5 heteroatoms. The van der Waals surface area contributed by atoms with Crippen LogP contribution in [0.1, 0.15) is 17.3 Å². The van der Waals surface area contributed by atoms with Gasteiger partial charge < -0.3 is 9.64 Å². The summed E-state index contributed by atoms with van der Waals surface area (Å²) < 4.78 is 17.9. The van der Waals surface area contributed by atoms with Crippen LogP contribution in [-0.2, 0) is 4.74 Å². The van der Waals surface area contributed by atoms with E-state index in [0.717, 1.165) is 6.07 Å². The minimum atomic E-state index is -0.649. The Kier molecular flexibility index (Phi) is 4.85. The third-order valence-electron chi connectivity index (χ3n) is 2.10. The maximum Gasteiger partial charge on any atom is 0.253 e. The fourth-order valence-corrected chi connectivity index (χ4v) is 1.20. The average molecular weight is 226 g/mol. The molecule has 16 heavy (non-hydrogen) atoms. The Balaban J connectivity index is 2.56. The van der Waals surface area contributed by atoms with Crippen molar-refractivity contribution < 1.29 is 13.9 Å². The van der Waals surface area contributed by atoms with Crippen molar-refractivity contribution in [3.8, 4) is 0 Å². The molecule has 0 aliphatic carbocycles. The monoisotopic (exact) mass is 226 g/mol. The molecule has 0 radical (unpaired) electrons. The van der Waals surface area contributed by atoms with Crippen molar-refractivity contribution in [2.45, 2.75) is 6.92 Å². The van der Waals surface area contributed by atoms with Crippen LogP contribution in [0.2, 0.25) is 0 Å². The molecular formula is C11H15FN2O2. The number of pyridine rings is 1. The van der Waals surface area contributed by atoms with Crippen molar-refractivity contribution in [2.75, 3.05) is 26.8 Å². The molecule has 0 saturated carbocycles. The van der Waals surface area contributed by atoms with Crippen molar-refractivity contribution in [2.24, 2.45) is 0 Å². The predicted molar refractivity (Wildman–Crippen MR) is 57.6 cm³/mol. The Labute approximate surface area is 94.0 Å². The number of ether oxygens (including phenoxy) is 1. The first-order valence-corrected chi connectivity index (χ1v) is 5.10. The van der Waals surface area contributed by atoms with E-state index >= 15 is 0 Å². The lowest BCUT2D eigenvalue weighted by Crippen LogP contribution is -2.30. The lowest BCUT2D eigenvalue weighted by Gasteiger charge is -2.16. The maximum absolute atomic E-state index is 12.8. The molecular weight excluding hydrogens is 211 g/mol. The highest BCUT2D eigenvalue weighted by molar-refractivity contribution is 5.93. The molecule has 4 nitrogen and oxygen atoms in total. The minimum Gasteiger partial charge on any atom is -0.380 e. The predicted octanol–water partition coefficient (Wildman–Crippen LogP) is 1.33. The van der Waals surface area contributed by atoms with E-state index in [-0.39, 0.29) is 5.91 Å². The van der Waals surface area contributed by atoms with Gasteiger partial charge in [-0.1, -0.05) is 0 Å². The van der Waals surface area contributed by atoms with Gasteiger partial charge in [-0.15, -0.1) is 0 Å². The number of hydrogen-bond acceptors (Lipinski definition) is 3. The van der Waals surface area contributed by atoms with Crippen LogP contribution in [0.5, 0.6) is 0 Å². The number of likely N-dealkylation sites (N-methyl/N-ethyl adjacent to an activating group) is 1. The van der Waals surface area contributed by atoms with E-state index in [0.29, 0.717) is 25.3 Å². The van der Waals surface area contributed by atoms with Gasteiger partial charge in [0, 0.05) is 38.0 Å². The summed E-state index contributed by atoms with van der Waals surface area (Å²) in [5, 5.41) is 0. The summed E-state index contributed by atoms with van der Waals surface area (Å²) in [5.41, 5.74) is 0.298. The summed E-state index contributed by atoms with van der Waals surface area (Å²) in [7, 11) is 1.65. The number of halogens is 1. The molecule has 0 spiro atoms. The molecule has 0 unspecified atom stereocenters. The minimum absolute atomic E-state index is 0.235. The molecule has 1 rings (SSSR count). The third kappa shape index (κ3) is 3.58. The third-order valence-corrected chi connectivity index (χ3v) is 2.10. The van der Waals surface area contributed by atoms with Gasteiger partial charge in [-0.05, 0) is 13.0 Å². The van der Waals surface area contributed by atoms with Crippen molar-refractivity contribution in [1.29, 1.82) is 0 Å². The zero-order valence-corrected chi connectivity index (χ0v) is 9.44. The maximum atomic E-state index is 12.8. The smallest absolute Gasteiger partial charge is 0.253 e. The molecule has 88 valence electrons. The highest BCUT2D eigenvalue weighted by Crippen LogP contribution is 2.04. The summed E-state index contributed by atoms with van der Waals surface area (Å²) in [6.45, 7) is 3.47. The Bertz CT molecular complexity index is 358. The molecule has 0 saturated heterocycles. The lowest BCUT2D eigenvalue weighted by molar-refractivity contribution is 0.0709. The van der Waals surface area contributed by atoms with Crippen molar-refractivity contribution in [1.82, 2.24) is 9.88 Å². The van der Waals surface area contributed by atoms with Crippen LogP contribution in [0, 0.1) is 5.95 Å². The average Bonchev–Trinajstić information content (AvgIpc) is 2.28. The van der Waals surface area contributed by atoms with Gasteiger partial charge in [-0.2, -0.15) is 4.39 Å². The quantitative estimate of drug-likeness (QED) is 0.562. The second-order valence-electron chi connectivity index (χ2n) is 3.29. The first-order valence-electron chi connectivity index (χ1n) is 5.10. The summed E-state index contributed by atoms with van der Waals surface area (Å²) in [6.07, 6.45) is 1.28. The van der Waals surface area contributed by atoms with E-state index in [1.165, 1.54) is 17.2 Å². The first-order chi connectivity index (χ1) is 7.65. The lowest BCUT2D eigenvalue weighted by atomic mass is 10.2. The number of nitrogens with zero attached hydrogens (tertiary/aromatic N) is 2. The van der Waals surface area contributed by atoms with Crippen LogP contribution in [-0.4, -0.2) is 42.6 Å². The molecule has 1 aromatic rings. The first kappa shape index (κ1) is 12.6. The van der Waals surface area contributed by atoms with Crippen LogP contribution in [0.3, 0.4) is 0 Å². The summed E-state index contributed by atoms with van der Waals surface area (Å²) in [4.78, 5) is 16.7. The number of rotatable bonds is 5. The van der Waals surface area contributed by atoms with E-state index in [1.807, 2.05) is 6.92 Å². The van der Waals surface area contributed by atoms with Crippen molar-refractivity contribution >= 4 is 5.91 Å². The summed E-state index contributed by atoms with van der Waals surface area (Å²) >= 11 is 0. The Morgan fingerprint density at radius 3 is 3.00 bits per heavy atom.